The summed E-state index contributed by atoms with van der Waals surface area (Å²) in [5, 5.41) is 10.2. The average molecular weight is 398 g/mol. The SMILES string of the molecule is Cc1cccc(C(=O)N2C[C@@H](NC(=O)C3CCOCC3)C[C@H]2c2n[nH]c(C)n2)n1. The molecule has 4 heterocycles. The smallest absolute Gasteiger partial charge is 0.273 e. The fraction of sp³-hybridized carbons (Fsp3) is 0.550. The van der Waals surface area contributed by atoms with Crippen molar-refractivity contribution in [3.8, 4) is 0 Å². The summed E-state index contributed by atoms with van der Waals surface area (Å²) in [6, 6.07) is 4.93. The van der Waals surface area contributed by atoms with Gasteiger partial charge < -0.3 is 15.0 Å². The van der Waals surface area contributed by atoms with Crippen molar-refractivity contribution in [1.29, 1.82) is 0 Å². The van der Waals surface area contributed by atoms with Crippen LogP contribution in [0.1, 0.15) is 53.1 Å². The van der Waals surface area contributed by atoms with E-state index in [4.69, 9.17) is 4.74 Å². The van der Waals surface area contributed by atoms with E-state index in [1.54, 1.807) is 11.0 Å². The lowest BCUT2D eigenvalue weighted by molar-refractivity contribution is -0.128. The molecule has 29 heavy (non-hydrogen) atoms. The first kappa shape index (κ1) is 19.5. The maximum absolute atomic E-state index is 13.2. The van der Waals surface area contributed by atoms with Crippen molar-refractivity contribution in [2.75, 3.05) is 19.8 Å². The number of carbonyl (C=O) groups excluding carboxylic acids is 2. The minimum absolute atomic E-state index is 0.0313. The molecule has 9 heteroatoms. The van der Waals surface area contributed by atoms with E-state index in [1.807, 2.05) is 26.0 Å². The summed E-state index contributed by atoms with van der Waals surface area (Å²) >= 11 is 0. The Balaban J connectivity index is 1.53. The van der Waals surface area contributed by atoms with E-state index in [0.717, 1.165) is 18.5 Å². The molecule has 0 bridgehead atoms. The van der Waals surface area contributed by atoms with Gasteiger partial charge in [0.1, 0.15) is 11.5 Å². The highest BCUT2D eigenvalue weighted by molar-refractivity contribution is 5.93. The second-order valence-electron chi connectivity index (χ2n) is 7.74. The molecule has 154 valence electrons. The number of hydrogen-bond donors (Lipinski definition) is 2. The van der Waals surface area contributed by atoms with Crippen LogP contribution in [0.15, 0.2) is 18.2 Å². The average Bonchev–Trinajstić information content (AvgIpc) is 3.34. The Morgan fingerprint density at radius 1 is 1.21 bits per heavy atom. The zero-order chi connectivity index (χ0) is 20.4. The summed E-state index contributed by atoms with van der Waals surface area (Å²) in [5.41, 5.74) is 1.17. The van der Waals surface area contributed by atoms with Crippen molar-refractivity contribution >= 4 is 11.8 Å². The Bertz CT molecular complexity index is 892. The maximum atomic E-state index is 13.2. The molecular weight excluding hydrogens is 372 g/mol. The van der Waals surface area contributed by atoms with Crippen molar-refractivity contribution in [1.82, 2.24) is 30.4 Å². The highest BCUT2D eigenvalue weighted by Gasteiger charge is 2.40. The molecule has 9 nitrogen and oxygen atoms in total. The summed E-state index contributed by atoms with van der Waals surface area (Å²) in [4.78, 5) is 36.4. The molecule has 2 aliphatic heterocycles. The highest BCUT2D eigenvalue weighted by Crippen LogP contribution is 2.32. The third kappa shape index (κ3) is 4.29. The van der Waals surface area contributed by atoms with Gasteiger partial charge in [-0.05, 0) is 45.2 Å². The first-order chi connectivity index (χ1) is 14.0. The predicted molar refractivity (Wildman–Crippen MR) is 104 cm³/mol. The Hall–Kier alpha value is -2.81. The number of hydrogen-bond acceptors (Lipinski definition) is 6. The number of aromatic amines is 1. The minimum atomic E-state index is -0.310. The lowest BCUT2D eigenvalue weighted by Crippen LogP contribution is -2.42. The number of nitrogens with one attached hydrogen (secondary N) is 2. The van der Waals surface area contributed by atoms with Crippen LogP contribution in [0, 0.1) is 19.8 Å². The van der Waals surface area contributed by atoms with Gasteiger partial charge in [0.25, 0.3) is 5.91 Å². The molecule has 0 saturated carbocycles. The lowest BCUT2D eigenvalue weighted by atomic mass is 9.99. The summed E-state index contributed by atoms with van der Waals surface area (Å²) in [7, 11) is 0. The van der Waals surface area contributed by atoms with Crippen molar-refractivity contribution in [2.24, 2.45) is 5.92 Å². The Labute approximate surface area is 169 Å². The van der Waals surface area contributed by atoms with Crippen LogP contribution in [0.3, 0.4) is 0 Å². The molecule has 2 fully saturated rings. The molecule has 2 aromatic rings. The van der Waals surface area contributed by atoms with Gasteiger partial charge in [0.15, 0.2) is 5.82 Å². The van der Waals surface area contributed by atoms with E-state index in [1.165, 1.54) is 0 Å². The normalized spacial score (nSPS) is 22.6. The molecule has 0 aliphatic carbocycles. The van der Waals surface area contributed by atoms with Crippen molar-refractivity contribution in [3.05, 3.63) is 41.2 Å². The largest absolute Gasteiger partial charge is 0.381 e. The van der Waals surface area contributed by atoms with E-state index >= 15 is 0 Å². The van der Waals surface area contributed by atoms with Crippen LogP contribution in [0.4, 0.5) is 0 Å². The van der Waals surface area contributed by atoms with E-state index in [9.17, 15) is 9.59 Å². The van der Waals surface area contributed by atoms with Gasteiger partial charge in [0, 0.05) is 37.4 Å². The number of rotatable bonds is 4. The van der Waals surface area contributed by atoms with Crippen molar-refractivity contribution in [2.45, 2.75) is 45.2 Å². The summed E-state index contributed by atoms with van der Waals surface area (Å²) in [6.45, 7) is 5.32. The topological polar surface area (TPSA) is 113 Å². The molecule has 0 radical (unpaired) electrons. The van der Waals surface area contributed by atoms with Crippen LogP contribution in [0.2, 0.25) is 0 Å². The number of aryl methyl sites for hydroxylation is 2. The summed E-state index contributed by atoms with van der Waals surface area (Å²) < 4.78 is 5.34. The fourth-order valence-corrected chi connectivity index (χ4v) is 4.01. The predicted octanol–water partition coefficient (Wildman–Crippen LogP) is 1.32. The zero-order valence-corrected chi connectivity index (χ0v) is 16.7. The minimum Gasteiger partial charge on any atom is -0.381 e. The summed E-state index contributed by atoms with van der Waals surface area (Å²) in [5.74, 6) is 1.08. The monoisotopic (exact) mass is 398 g/mol. The number of nitrogens with zero attached hydrogens (tertiary/aromatic N) is 4. The molecular formula is C20H26N6O3. The molecule has 2 aromatic heterocycles. The van der Waals surface area contributed by atoms with Gasteiger partial charge in [-0.25, -0.2) is 9.97 Å². The Morgan fingerprint density at radius 3 is 2.69 bits per heavy atom. The molecule has 4 rings (SSSR count). The van der Waals surface area contributed by atoms with E-state index < -0.39 is 0 Å². The first-order valence-electron chi connectivity index (χ1n) is 10.0. The summed E-state index contributed by atoms with van der Waals surface area (Å²) in [6.07, 6.45) is 2.04. The number of likely N-dealkylation sites (tertiary alicyclic amines) is 1. The molecule has 2 atom stereocenters. The number of H-pyrrole nitrogens is 1. The molecule has 2 N–H and O–H groups in total. The van der Waals surface area contributed by atoms with Gasteiger partial charge in [0.2, 0.25) is 5.91 Å². The van der Waals surface area contributed by atoms with E-state index in [-0.39, 0.29) is 29.8 Å². The van der Waals surface area contributed by atoms with Crippen LogP contribution in [-0.2, 0) is 9.53 Å². The van der Waals surface area contributed by atoms with Crippen LogP contribution in [0.25, 0.3) is 0 Å². The Morgan fingerprint density at radius 2 is 2.00 bits per heavy atom. The quantitative estimate of drug-likeness (QED) is 0.803. The second-order valence-corrected chi connectivity index (χ2v) is 7.74. The first-order valence-corrected chi connectivity index (χ1v) is 10.0. The van der Waals surface area contributed by atoms with Crippen LogP contribution in [-0.4, -0.2) is 62.7 Å². The third-order valence-electron chi connectivity index (χ3n) is 5.52. The second kappa shape index (κ2) is 8.28. The van der Waals surface area contributed by atoms with Crippen LogP contribution < -0.4 is 5.32 Å². The number of carbonyl (C=O) groups is 2. The van der Waals surface area contributed by atoms with Gasteiger partial charge >= 0.3 is 0 Å². The maximum Gasteiger partial charge on any atom is 0.273 e. The zero-order valence-electron chi connectivity index (χ0n) is 16.7. The van der Waals surface area contributed by atoms with Gasteiger partial charge in [-0.1, -0.05) is 6.07 Å². The van der Waals surface area contributed by atoms with Crippen molar-refractivity contribution < 1.29 is 14.3 Å². The fourth-order valence-electron chi connectivity index (χ4n) is 4.01. The standard InChI is InChI=1S/C20H26N6O3/c1-12-4-3-5-16(21-12)20(28)26-11-15(10-17(26)18-22-13(2)24-25-18)23-19(27)14-6-8-29-9-7-14/h3-5,14-15,17H,6-11H2,1-2H3,(H,23,27)(H,22,24,25)/t15-,17-/m0/s1. The molecule has 0 spiro atoms. The van der Waals surface area contributed by atoms with Crippen LogP contribution in [0.5, 0.6) is 0 Å². The molecule has 0 aromatic carbocycles. The number of aromatic nitrogens is 4. The highest BCUT2D eigenvalue weighted by atomic mass is 16.5. The number of amides is 2. The van der Waals surface area contributed by atoms with Gasteiger partial charge in [-0.15, -0.1) is 0 Å². The van der Waals surface area contributed by atoms with E-state index in [0.29, 0.717) is 43.5 Å². The molecule has 2 aliphatic rings. The number of pyridine rings is 1. The number of ether oxygens (including phenoxy) is 1. The van der Waals surface area contributed by atoms with Crippen molar-refractivity contribution in [3.63, 3.8) is 0 Å². The molecule has 2 amide bonds. The molecule has 2 saturated heterocycles. The lowest BCUT2D eigenvalue weighted by Gasteiger charge is -2.23. The third-order valence-corrected chi connectivity index (χ3v) is 5.52. The van der Waals surface area contributed by atoms with Crippen LogP contribution >= 0.6 is 0 Å². The van der Waals surface area contributed by atoms with Gasteiger partial charge in [0.05, 0.1) is 6.04 Å². The molecule has 0 unspecified atom stereocenters. The van der Waals surface area contributed by atoms with Gasteiger partial charge in [-0.3, -0.25) is 14.7 Å². The van der Waals surface area contributed by atoms with Gasteiger partial charge in [-0.2, -0.15) is 5.10 Å². The Kier molecular flexibility index (Phi) is 5.57. The van der Waals surface area contributed by atoms with E-state index in [2.05, 4.69) is 25.5 Å².